The van der Waals surface area contributed by atoms with Gasteiger partial charge in [-0.3, -0.25) is 14.4 Å². The van der Waals surface area contributed by atoms with E-state index in [-0.39, 0.29) is 31.1 Å². The predicted molar refractivity (Wildman–Crippen MR) is 224 cm³/mol. The van der Waals surface area contributed by atoms with Crippen LogP contribution in [0, 0.1) is 0 Å². The molecule has 0 heterocycles. The van der Waals surface area contributed by atoms with E-state index < -0.39 is 6.10 Å². The highest BCUT2D eigenvalue weighted by molar-refractivity contribution is 5.71. The maximum absolute atomic E-state index is 12.7. The summed E-state index contributed by atoms with van der Waals surface area (Å²) in [6.07, 6.45) is 44.1. The molecule has 0 aliphatic carbocycles. The Morgan fingerprint density at radius 3 is 0.755 bits per heavy atom. The third kappa shape index (κ3) is 41.4. The predicted octanol–water partition coefficient (Wildman–Crippen LogP) is 14.9. The van der Waals surface area contributed by atoms with Crippen LogP contribution in [0.15, 0.2) is 0 Å². The van der Waals surface area contributed by atoms with Crippen LogP contribution in [-0.4, -0.2) is 37.2 Å². The quantitative estimate of drug-likeness (QED) is 0.0351. The molecule has 6 nitrogen and oxygen atoms in total. The average molecular weight is 751 g/mol. The maximum atomic E-state index is 12.7. The Bertz CT molecular complexity index is 783. The maximum Gasteiger partial charge on any atom is 0.306 e. The number of esters is 3. The molecule has 6 heteroatoms. The zero-order chi connectivity index (χ0) is 38.7. The van der Waals surface area contributed by atoms with E-state index >= 15 is 0 Å². The van der Waals surface area contributed by atoms with Crippen molar-refractivity contribution in [3.05, 3.63) is 0 Å². The van der Waals surface area contributed by atoms with Crippen molar-refractivity contribution in [1.29, 1.82) is 0 Å². The number of carbonyl (C=O) groups is 3. The first-order valence-electron chi connectivity index (χ1n) is 23.5. The van der Waals surface area contributed by atoms with Crippen LogP contribution in [0.25, 0.3) is 0 Å². The molecule has 0 amide bonds. The smallest absolute Gasteiger partial charge is 0.306 e. The van der Waals surface area contributed by atoms with Crippen molar-refractivity contribution in [1.82, 2.24) is 0 Å². The Kier molecular flexibility index (Phi) is 41.8. The van der Waals surface area contributed by atoms with Gasteiger partial charge in [0.1, 0.15) is 13.2 Å². The van der Waals surface area contributed by atoms with Crippen molar-refractivity contribution in [2.45, 2.75) is 271 Å². The summed E-state index contributed by atoms with van der Waals surface area (Å²) in [6, 6.07) is 0. The lowest BCUT2D eigenvalue weighted by molar-refractivity contribution is -0.167. The molecule has 0 rings (SSSR count). The van der Waals surface area contributed by atoms with Gasteiger partial charge in [-0.05, 0) is 19.3 Å². The second-order valence-corrected chi connectivity index (χ2v) is 16.0. The molecule has 0 N–H and O–H groups in total. The number of hydrogen-bond acceptors (Lipinski definition) is 6. The Morgan fingerprint density at radius 2 is 0.509 bits per heavy atom. The second kappa shape index (κ2) is 43.1. The van der Waals surface area contributed by atoms with Gasteiger partial charge in [-0.2, -0.15) is 0 Å². The molecule has 0 unspecified atom stereocenters. The summed E-state index contributed by atoms with van der Waals surface area (Å²) < 4.78 is 16.6. The van der Waals surface area contributed by atoms with E-state index in [1.165, 1.54) is 161 Å². The zero-order valence-electron chi connectivity index (χ0n) is 35.8. The number of unbranched alkanes of at least 4 members (excludes halogenated alkanes) is 32. The molecular weight excluding hydrogens is 661 g/mol. The molecule has 1 atom stereocenters. The molecule has 0 aromatic heterocycles. The van der Waals surface area contributed by atoms with Crippen LogP contribution in [-0.2, 0) is 28.6 Å². The number of ether oxygens (including phenoxy) is 3. The molecule has 0 aromatic rings. The van der Waals surface area contributed by atoms with Crippen molar-refractivity contribution in [3.63, 3.8) is 0 Å². The van der Waals surface area contributed by atoms with Crippen LogP contribution in [0.5, 0.6) is 0 Å². The highest BCUT2D eigenvalue weighted by Gasteiger charge is 2.19. The summed E-state index contributed by atoms with van der Waals surface area (Å²) in [4.78, 5) is 37.5. The van der Waals surface area contributed by atoms with Crippen molar-refractivity contribution in [2.24, 2.45) is 0 Å². The van der Waals surface area contributed by atoms with Gasteiger partial charge in [-0.1, -0.05) is 226 Å². The van der Waals surface area contributed by atoms with Gasteiger partial charge in [0.2, 0.25) is 0 Å². The number of hydrogen-bond donors (Lipinski definition) is 0. The highest BCUT2D eigenvalue weighted by Crippen LogP contribution is 2.16. The second-order valence-electron chi connectivity index (χ2n) is 16.0. The van der Waals surface area contributed by atoms with E-state index in [1.54, 1.807) is 0 Å². The van der Waals surface area contributed by atoms with E-state index in [9.17, 15) is 14.4 Å². The number of carbonyl (C=O) groups excluding carboxylic acids is 3. The SMILES string of the molecule is CCCCCCCCCCCCCCCCCCCCCC(=O)O[C@H](COC(=O)CCCCCCC)COC(=O)CCCCCCCCCCCCC. The van der Waals surface area contributed by atoms with Crippen molar-refractivity contribution in [2.75, 3.05) is 13.2 Å². The minimum atomic E-state index is -0.756. The lowest BCUT2D eigenvalue weighted by Crippen LogP contribution is -2.30. The Morgan fingerprint density at radius 1 is 0.302 bits per heavy atom. The van der Waals surface area contributed by atoms with Crippen LogP contribution in [0.2, 0.25) is 0 Å². The normalized spacial score (nSPS) is 11.8. The summed E-state index contributed by atoms with van der Waals surface area (Å²) in [5.74, 6) is -0.865. The zero-order valence-corrected chi connectivity index (χ0v) is 35.8. The van der Waals surface area contributed by atoms with E-state index in [0.29, 0.717) is 19.3 Å². The third-order valence-corrected chi connectivity index (χ3v) is 10.6. The summed E-state index contributed by atoms with van der Waals surface area (Å²) in [7, 11) is 0. The van der Waals surface area contributed by atoms with Gasteiger partial charge in [0, 0.05) is 19.3 Å². The van der Waals surface area contributed by atoms with Crippen molar-refractivity contribution in [3.8, 4) is 0 Å². The first-order chi connectivity index (χ1) is 26.0. The summed E-state index contributed by atoms with van der Waals surface area (Å²) in [6.45, 7) is 6.57. The van der Waals surface area contributed by atoms with Crippen molar-refractivity contribution >= 4 is 17.9 Å². The summed E-state index contributed by atoms with van der Waals surface area (Å²) >= 11 is 0. The molecule has 0 radical (unpaired) electrons. The van der Waals surface area contributed by atoms with Gasteiger partial charge < -0.3 is 14.2 Å². The number of rotatable bonds is 43. The molecule has 0 fully saturated rings. The molecule has 53 heavy (non-hydrogen) atoms. The third-order valence-electron chi connectivity index (χ3n) is 10.6. The van der Waals surface area contributed by atoms with Crippen molar-refractivity contribution < 1.29 is 28.6 Å². The van der Waals surface area contributed by atoms with Crippen LogP contribution >= 0.6 is 0 Å². The molecule has 0 saturated carbocycles. The van der Waals surface area contributed by atoms with E-state index in [2.05, 4.69) is 20.8 Å². The van der Waals surface area contributed by atoms with Crippen LogP contribution in [0.3, 0.4) is 0 Å². The topological polar surface area (TPSA) is 78.9 Å². The standard InChI is InChI=1S/C47H90O6/c1-4-7-10-13-15-17-19-20-21-22-23-24-25-26-28-30-32-35-38-41-47(50)53-44(42-51-45(48)39-36-33-12-9-6-3)43-52-46(49)40-37-34-31-29-27-18-16-14-11-8-5-2/h44H,4-43H2,1-3H3/t44-/m1/s1. The summed E-state index contributed by atoms with van der Waals surface area (Å²) in [5, 5.41) is 0. The first kappa shape index (κ1) is 51.4. The fourth-order valence-electron chi connectivity index (χ4n) is 7.03. The lowest BCUT2D eigenvalue weighted by atomic mass is 10.0. The van der Waals surface area contributed by atoms with Gasteiger partial charge in [0.05, 0.1) is 0 Å². The molecule has 0 spiro atoms. The Hall–Kier alpha value is -1.59. The van der Waals surface area contributed by atoms with Gasteiger partial charge >= 0.3 is 17.9 Å². The van der Waals surface area contributed by atoms with Crippen LogP contribution in [0.1, 0.15) is 265 Å². The fraction of sp³-hybridized carbons (Fsp3) is 0.936. The van der Waals surface area contributed by atoms with E-state index in [1.807, 2.05) is 0 Å². The van der Waals surface area contributed by atoms with Gasteiger partial charge in [0.25, 0.3) is 0 Å². The lowest BCUT2D eigenvalue weighted by Gasteiger charge is -2.18. The molecule has 0 saturated heterocycles. The van der Waals surface area contributed by atoms with Crippen LogP contribution in [0.4, 0.5) is 0 Å². The minimum Gasteiger partial charge on any atom is -0.462 e. The molecule has 0 bridgehead atoms. The monoisotopic (exact) mass is 751 g/mol. The summed E-state index contributed by atoms with van der Waals surface area (Å²) in [5.41, 5.74) is 0. The molecule has 314 valence electrons. The first-order valence-corrected chi connectivity index (χ1v) is 23.5. The molecule has 0 aliphatic heterocycles. The average Bonchev–Trinajstić information content (AvgIpc) is 3.15. The molecular formula is C47H90O6. The Labute approximate surface area is 329 Å². The van der Waals surface area contributed by atoms with Gasteiger partial charge in [-0.25, -0.2) is 0 Å². The Balaban J connectivity index is 4.11. The highest BCUT2D eigenvalue weighted by atomic mass is 16.6. The fourth-order valence-corrected chi connectivity index (χ4v) is 7.03. The molecule has 0 aliphatic rings. The minimum absolute atomic E-state index is 0.0639. The van der Waals surface area contributed by atoms with Gasteiger partial charge in [0.15, 0.2) is 6.10 Å². The van der Waals surface area contributed by atoms with E-state index in [0.717, 1.165) is 64.2 Å². The van der Waals surface area contributed by atoms with E-state index in [4.69, 9.17) is 14.2 Å². The van der Waals surface area contributed by atoms with Crippen LogP contribution < -0.4 is 0 Å². The molecule has 0 aromatic carbocycles. The largest absolute Gasteiger partial charge is 0.462 e. The van der Waals surface area contributed by atoms with Gasteiger partial charge in [-0.15, -0.1) is 0 Å².